The number of hydrogen-bond acceptors (Lipinski definition) is 5. The minimum Gasteiger partial charge on any atom is -0.465 e. The highest BCUT2D eigenvalue weighted by Crippen LogP contribution is 2.26. The standard InChI is InChI=1S/C19H28N2O5S/c1-4-15(5-2)20-18(22)14-10-12-21(13-11-14)27(24,25)17-9-7-6-8-16(17)19(23)26-3/h6-9,14-15H,4-5,10-13H2,1-3H3,(H,20,22). The molecule has 150 valence electrons. The Hall–Kier alpha value is -1.93. The quantitative estimate of drug-likeness (QED) is 0.713. The van der Waals surface area contributed by atoms with Crippen molar-refractivity contribution < 1.29 is 22.7 Å². The largest absolute Gasteiger partial charge is 0.465 e. The number of benzene rings is 1. The molecular formula is C19H28N2O5S. The van der Waals surface area contributed by atoms with Gasteiger partial charge in [-0.15, -0.1) is 0 Å². The summed E-state index contributed by atoms with van der Waals surface area (Å²) in [5.74, 6) is -0.878. The van der Waals surface area contributed by atoms with Gasteiger partial charge in [0.05, 0.1) is 17.6 Å². The lowest BCUT2D eigenvalue weighted by atomic mass is 9.96. The Bertz CT molecular complexity index is 766. The summed E-state index contributed by atoms with van der Waals surface area (Å²) >= 11 is 0. The molecule has 1 N–H and O–H groups in total. The van der Waals surface area contributed by atoms with Gasteiger partial charge in [0.1, 0.15) is 0 Å². The van der Waals surface area contributed by atoms with Crippen molar-refractivity contribution in [2.75, 3.05) is 20.2 Å². The van der Waals surface area contributed by atoms with Gasteiger partial charge in [-0.25, -0.2) is 13.2 Å². The first-order valence-electron chi connectivity index (χ1n) is 9.33. The Morgan fingerprint density at radius 3 is 2.33 bits per heavy atom. The molecule has 1 amide bonds. The van der Waals surface area contributed by atoms with E-state index < -0.39 is 16.0 Å². The normalized spacial score (nSPS) is 16.3. The van der Waals surface area contributed by atoms with E-state index in [1.54, 1.807) is 12.1 Å². The number of nitrogens with zero attached hydrogens (tertiary/aromatic N) is 1. The molecule has 0 unspecified atom stereocenters. The van der Waals surface area contributed by atoms with Crippen molar-refractivity contribution in [3.8, 4) is 0 Å². The van der Waals surface area contributed by atoms with Crippen molar-refractivity contribution in [3.63, 3.8) is 0 Å². The molecule has 1 aromatic rings. The number of hydrogen-bond donors (Lipinski definition) is 1. The van der Waals surface area contributed by atoms with Crippen LogP contribution in [0.15, 0.2) is 29.2 Å². The van der Waals surface area contributed by atoms with E-state index in [1.165, 1.54) is 23.5 Å². The van der Waals surface area contributed by atoms with Gasteiger partial charge in [-0.3, -0.25) is 4.79 Å². The van der Waals surface area contributed by atoms with Crippen LogP contribution in [-0.2, 0) is 19.6 Å². The van der Waals surface area contributed by atoms with Crippen molar-refractivity contribution in [2.24, 2.45) is 5.92 Å². The zero-order chi connectivity index (χ0) is 20.0. The number of rotatable bonds is 7. The fourth-order valence-electron chi connectivity index (χ4n) is 3.28. The van der Waals surface area contributed by atoms with Gasteiger partial charge in [-0.1, -0.05) is 26.0 Å². The molecule has 2 rings (SSSR count). The Morgan fingerprint density at radius 1 is 1.19 bits per heavy atom. The highest BCUT2D eigenvalue weighted by Gasteiger charge is 2.34. The number of methoxy groups -OCH3 is 1. The van der Waals surface area contributed by atoms with Crippen molar-refractivity contribution in [3.05, 3.63) is 29.8 Å². The molecule has 1 aromatic carbocycles. The average molecular weight is 397 g/mol. The molecule has 27 heavy (non-hydrogen) atoms. The second kappa shape index (κ2) is 9.32. The van der Waals surface area contributed by atoms with Crippen molar-refractivity contribution in [1.82, 2.24) is 9.62 Å². The average Bonchev–Trinajstić information content (AvgIpc) is 2.71. The number of ether oxygens (including phenoxy) is 1. The van der Waals surface area contributed by atoms with E-state index in [-0.39, 0.29) is 41.4 Å². The third-order valence-corrected chi connectivity index (χ3v) is 7.02. The van der Waals surface area contributed by atoms with Gasteiger partial charge in [-0.2, -0.15) is 4.31 Å². The molecule has 0 saturated carbocycles. The molecule has 0 aromatic heterocycles. The molecule has 0 spiro atoms. The van der Waals surface area contributed by atoms with Crippen LogP contribution in [0.4, 0.5) is 0 Å². The van der Waals surface area contributed by atoms with E-state index in [0.29, 0.717) is 12.8 Å². The molecule has 1 heterocycles. The minimum absolute atomic E-state index is 0.00397. The Labute approximate surface area is 161 Å². The third kappa shape index (κ3) is 4.87. The van der Waals surface area contributed by atoms with Crippen LogP contribution >= 0.6 is 0 Å². The van der Waals surface area contributed by atoms with Crippen LogP contribution in [-0.4, -0.2) is 50.8 Å². The van der Waals surface area contributed by atoms with Crippen LogP contribution in [0.1, 0.15) is 49.9 Å². The summed E-state index contributed by atoms with van der Waals surface area (Å²) < 4.78 is 32.0. The van der Waals surface area contributed by atoms with Gasteiger partial charge in [0.15, 0.2) is 0 Å². The molecule has 1 saturated heterocycles. The first-order valence-corrected chi connectivity index (χ1v) is 10.8. The van der Waals surface area contributed by atoms with Crippen LogP contribution in [0.25, 0.3) is 0 Å². The zero-order valence-electron chi connectivity index (χ0n) is 16.1. The number of amides is 1. The molecule has 1 fully saturated rings. The van der Waals surface area contributed by atoms with Gasteiger partial charge in [0.25, 0.3) is 0 Å². The maximum atomic E-state index is 13.0. The van der Waals surface area contributed by atoms with E-state index in [2.05, 4.69) is 5.32 Å². The molecule has 7 nitrogen and oxygen atoms in total. The smallest absolute Gasteiger partial charge is 0.339 e. The predicted octanol–water partition coefficient (Wildman–Crippen LogP) is 2.18. The highest BCUT2D eigenvalue weighted by atomic mass is 32.2. The Kier molecular flexibility index (Phi) is 7.38. The van der Waals surface area contributed by atoms with E-state index in [0.717, 1.165) is 12.8 Å². The Balaban J connectivity index is 2.09. The summed E-state index contributed by atoms with van der Waals surface area (Å²) in [6.45, 7) is 4.56. The fraction of sp³-hybridized carbons (Fsp3) is 0.579. The number of carbonyl (C=O) groups is 2. The van der Waals surface area contributed by atoms with Gasteiger partial charge in [-0.05, 0) is 37.8 Å². The number of nitrogens with one attached hydrogen (secondary N) is 1. The van der Waals surface area contributed by atoms with Crippen LogP contribution in [0.2, 0.25) is 0 Å². The lowest BCUT2D eigenvalue weighted by Crippen LogP contribution is -2.45. The second-order valence-corrected chi connectivity index (χ2v) is 8.59. The van der Waals surface area contributed by atoms with Crippen molar-refractivity contribution in [1.29, 1.82) is 0 Å². The van der Waals surface area contributed by atoms with Crippen molar-refractivity contribution in [2.45, 2.75) is 50.5 Å². The molecule has 0 bridgehead atoms. The molecule has 0 radical (unpaired) electrons. The summed E-state index contributed by atoms with van der Waals surface area (Å²) in [6, 6.07) is 6.18. The second-order valence-electron chi connectivity index (χ2n) is 6.69. The van der Waals surface area contributed by atoms with E-state index in [9.17, 15) is 18.0 Å². The fourth-order valence-corrected chi connectivity index (χ4v) is 4.93. The topological polar surface area (TPSA) is 92.8 Å². The van der Waals surface area contributed by atoms with Crippen molar-refractivity contribution >= 4 is 21.9 Å². The van der Waals surface area contributed by atoms with E-state index in [4.69, 9.17) is 4.74 Å². The third-order valence-electron chi connectivity index (χ3n) is 5.07. The lowest BCUT2D eigenvalue weighted by molar-refractivity contribution is -0.126. The number of piperidine rings is 1. The monoisotopic (exact) mass is 396 g/mol. The van der Waals surface area contributed by atoms with E-state index in [1.807, 2.05) is 13.8 Å². The number of esters is 1. The summed E-state index contributed by atoms with van der Waals surface area (Å²) in [4.78, 5) is 24.2. The number of carbonyl (C=O) groups excluding carboxylic acids is 2. The van der Waals surface area contributed by atoms with Crippen LogP contribution in [0, 0.1) is 5.92 Å². The predicted molar refractivity (Wildman–Crippen MR) is 102 cm³/mol. The molecule has 8 heteroatoms. The van der Waals surface area contributed by atoms with E-state index >= 15 is 0 Å². The maximum absolute atomic E-state index is 13.0. The minimum atomic E-state index is -3.83. The van der Waals surface area contributed by atoms with Gasteiger partial charge in [0.2, 0.25) is 15.9 Å². The molecule has 1 aliphatic rings. The molecule has 0 aliphatic carbocycles. The maximum Gasteiger partial charge on any atom is 0.339 e. The van der Waals surface area contributed by atoms with Crippen LogP contribution in [0.5, 0.6) is 0 Å². The SMILES string of the molecule is CCC(CC)NC(=O)C1CCN(S(=O)(=O)c2ccccc2C(=O)OC)CC1. The zero-order valence-corrected chi connectivity index (χ0v) is 16.9. The number of sulfonamides is 1. The molecular weight excluding hydrogens is 368 g/mol. The van der Waals surface area contributed by atoms with Crippen LogP contribution in [0.3, 0.4) is 0 Å². The first-order chi connectivity index (χ1) is 12.8. The van der Waals surface area contributed by atoms with Gasteiger partial charge < -0.3 is 10.1 Å². The summed E-state index contributed by atoms with van der Waals surface area (Å²) in [5.41, 5.74) is 0.0219. The van der Waals surface area contributed by atoms with Gasteiger partial charge >= 0.3 is 5.97 Å². The lowest BCUT2D eigenvalue weighted by Gasteiger charge is -2.31. The Morgan fingerprint density at radius 2 is 1.78 bits per heavy atom. The van der Waals surface area contributed by atoms with Crippen LogP contribution < -0.4 is 5.32 Å². The molecule has 0 atom stereocenters. The summed E-state index contributed by atoms with van der Waals surface area (Å²) in [6.07, 6.45) is 2.68. The van der Waals surface area contributed by atoms with Gasteiger partial charge in [0, 0.05) is 25.0 Å². The first kappa shape index (κ1) is 21.4. The molecule has 1 aliphatic heterocycles. The summed E-state index contributed by atoms with van der Waals surface area (Å²) in [7, 11) is -2.61. The highest BCUT2D eigenvalue weighted by molar-refractivity contribution is 7.89. The summed E-state index contributed by atoms with van der Waals surface area (Å²) in [5, 5.41) is 3.03.